The monoisotopic (exact) mass is 357 g/mol. The van der Waals surface area contributed by atoms with Crippen LogP contribution in [0.2, 0.25) is 10.2 Å². The molecule has 2 heterocycles. The molecule has 3 rings (SSSR count). The lowest BCUT2D eigenvalue weighted by Crippen LogP contribution is -2.07. The highest BCUT2D eigenvalue weighted by molar-refractivity contribution is 6.31. The molecule has 0 N–H and O–H groups in total. The van der Waals surface area contributed by atoms with E-state index in [0.29, 0.717) is 17.2 Å². The van der Waals surface area contributed by atoms with Gasteiger partial charge in [0.2, 0.25) is 0 Å². The highest BCUT2D eigenvalue weighted by atomic mass is 35.5. The van der Waals surface area contributed by atoms with Crippen LogP contribution < -0.4 is 4.74 Å². The summed E-state index contributed by atoms with van der Waals surface area (Å²) >= 11 is 11.8. The molecule has 5 nitrogen and oxygen atoms in total. The first-order valence-electron chi connectivity index (χ1n) is 6.24. The SMILES string of the molecule is O=Cc1nn(-c2cc(Cl)ccc2OC(F)F)c2cc(Cl)ncc12. The van der Waals surface area contributed by atoms with Crippen molar-refractivity contribution in [2.75, 3.05) is 0 Å². The predicted octanol–water partition coefficient (Wildman–Crippen LogP) is 4.14. The molecule has 0 aliphatic rings. The van der Waals surface area contributed by atoms with Crippen LogP contribution in [0, 0.1) is 0 Å². The van der Waals surface area contributed by atoms with E-state index in [0.717, 1.165) is 0 Å². The Hall–Kier alpha value is -2.25. The van der Waals surface area contributed by atoms with Crippen molar-refractivity contribution >= 4 is 40.4 Å². The van der Waals surface area contributed by atoms with Crippen LogP contribution in [0.25, 0.3) is 16.6 Å². The normalized spacial score (nSPS) is 11.2. The fourth-order valence-corrected chi connectivity index (χ4v) is 2.45. The third-order valence-electron chi connectivity index (χ3n) is 3.04. The number of halogens is 4. The molecule has 118 valence electrons. The van der Waals surface area contributed by atoms with Gasteiger partial charge >= 0.3 is 6.61 Å². The van der Waals surface area contributed by atoms with Gasteiger partial charge in [-0.25, -0.2) is 9.67 Å². The van der Waals surface area contributed by atoms with Gasteiger partial charge < -0.3 is 4.74 Å². The van der Waals surface area contributed by atoms with Crippen LogP contribution in [0.3, 0.4) is 0 Å². The van der Waals surface area contributed by atoms with Crippen LogP contribution in [0.15, 0.2) is 30.5 Å². The fourth-order valence-electron chi connectivity index (χ4n) is 2.13. The summed E-state index contributed by atoms with van der Waals surface area (Å²) in [5, 5.41) is 4.97. The number of pyridine rings is 1. The van der Waals surface area contributed by atoms with Crippen molar-refractivity contribution in [3.05, 3.63) is 46.3 Å². The number of carbonyl (C=O) groups excluding carboxylic acids is 1. The minimum absolute atomic E-state index is 0.0899. The minimum atomic E-state index is -3.02. The van der Waals surface area contributed by atoms with Crippen LogP contribution >= 0.6 is 23.2 Å². The van der Waals surface area contributed by atoms with Crippen LogP contribution in [-0.4, -0.2) is 27.7 Å². The van der Waals surface area contributed by atoms with Gasteiger partial charge in [-0.05, 0) is 18.2 Å². The molecule has 0 saturated carbocycles. The summed E-state index contributed by atoms with van der Waals surface area (Å²) in [6.45, 7) is -3.02. The van der Waals surface area contributed by atoms with Gasteiger partial charge in [0.25, 0.3) is 0 Å². The Morgan fingerprint density at radius 3 is 2.74 bits per heavy atom. The van der Waals surface area contributed by atoms with Gasteiger partial charge in [0.15, 0.2) is 12.0 Å². The van der Waals surface area contributed by atoms with Gasteiger partial charge in [-0.15, -0.1) is 0 Å². The fraction of sp³-hybridized carbons (Fsp3) is 0.0714. The molecular formula is C14H7Cl2F2N3O2. The number of hydrogen-bond donors (Lipinski definition) is 0. The van der Waals surface area contributed by atoms with E-state index in [1.165, 1.54) is 35.1 Å². The molecule has 0 radical (unpaired) electrons. The Balaban J connectivity index is 2.30. The zero-order chi connectivity index (χ0) is 16.6. The molecule has 3 aromatic rings. The van der Waals surface area contributed by atoms with E-state index in [2.05, 4.69) is 14.8 Å². The van der Waals surface area contributed by atoms with E-state index in [1.54, 1.807) is 0 Å². The third kappa shape index (κ3) is 2.97. The molecule has 0 unspecified atom stereocenters. The summed E-state index contributed by atoms with van der Waals surface area (Å²) in [5.41, 5.74) is 0.652. The van der Waals surface area contributed by atoms with Gasteiger partial charge in [0.1, 0.15) is 16.5 Å². The van der Waals surface area contributed by atoms with Crippen molar-refractivity contribution in [3.63, 3.8) is 0 Å². The molecule has 0 aliphatic heterocycles. The number of benzene rings is 1. The largest absolute Gasteiger partial charge is 0.433 e. The van der Waals surface area contributed by atoms with Crippen molar-refractivity contribution < 1.29 is 18.3 Å². The standard InChI is InChI=1S/C14H7Cl2F2N3O2/c15-7-1-2-12(23-14(17)18)11(3-7)21-10-4-13(16)19-5-8(10)9(6-22)20-21/h1-6,14H. The predicted molar refractivity (Wildman–Crippen MR) is 80.9 cm³/mol. The maximum Gasteiger partial charge on any atom is 0.387 e. The summed E-state index contributed by atoms with van der Waals surface area (Å²) in [7, 11) is 0. The molecule has 0 saturated heterocycles. The van der Waals surface area contributed by atoms with Crippen LogP contribution in [0.4, 0.5) is 8.78 Å². The third-order valence-corrected chi connectivity index (χ3v) is 3.48. The lowest BCUT2D eigenvalue weighted by atomic mass is 10.2. The summed E-state index contributed by atoms with van der Waals surface area (Å²) in [6.07, 6.45) is 1.91. The number of fused-ring (bicyclic) bond motifs is 1. The van der Waals surface area contributed by atoms with Crippen LogP contribution in [0.1, 0.15) is 10.5 Å². The second-order valence-electron chi connectivity index (χ2n) is 4.43. The second kappa shape index (κ2) is 6.10. The molecule has 0 fully saturated rings. The van der Waals surface area contributed by atoms with Crippen molar-refractivity contribution in [2.24, 2.45) is 0 Å². The molecule has 2 aromatic heterocycles. The molecule has 23 heavy (non-hydrogen) atoms. The first kappa shape index (κ1) is 15.6. The summed E-state index contributed by atoms with van der Waals surface area (Å²) in [6, 6.07) is 5.56. The van der Waals surface area contributed by atoms with Crippen molar-refractivity contribution in [1.29, 1.82) is 0 Å². The first-order valence-corrected chi connectivity index (χ1v) is 6.99. The Kier molecular flexibility index (Phi) is 4.14. The van der Waals surface area contributed by atoms with Crippen molar-refractivity contribution in [1.82, 2.24) is 14.8 Å². The molecule has 0 bridgehead atoms. The van der Waals surface area contributed by atoms with Crippen LogP contribution in [0.5, 0.6) is 5.75 Å². The smallest absolute Gasteiger partial charge is 0.387 e. The number of aromatic nitrogens is 3. The van der Waals surface area contributed by atoms with Crippen LogP contribution in [-0.2, 0) is 0 Å². The maximum absolute atomic E-state index is 12.6. The summed E-state index contributed by atoms with van der Waals surface area (Å²) < 4.78 is 30.9. The topological polar surface area (TPSA) is 57.0 Å². The zero-order valence-electron chi connectivity index (χ0n) is 11.2. The zero-order valence-corrected chi connectivity index (χ0v) is 12.7. The molecular weight excluding hydrogens is 351 g/mol. The number of ether oxygens (including phenoxy) is 1. The highest BCUT2D eigenvalue weighted by Crippen LogP contribution is 2.31. The lowest BCUT2D eigenvalue weighted by molar-refractivity contribution is -0.0498. The Labute approximate surface area is 138 Å². The Morgan fingerprint density at radius 2 is 2.04 bits per heavy atom. The quantitative estimate of drug-likeness (QED) is 0.520. The maximum atomic E-state index is 12.6. The molecule has 0 atom stereocenters. The average molecular weight is 358 g/mol. The van der Waals surface area contributed by atoms with Crippen molar-refractivity contribution in [2.45, 2.75) is 6.61 Å². The molecule has 1 aromatic carbocycles. The van der Waals surface area contributed by atoms with E-state index in [9.17, 15) is 13.6 Å². The second-order valence-corrected chi connectivity index (χ2v) is 5.25. The number of hydrogen-bond acceptors (Lipinski definition) is 4. The molecule has 0 spiro atoms. The molecule has 0 amide bonds. The Bertz CT molecular complexity index is 899. The number of alkyl halides is 2. The number of aldehydes is 1. The highest BCUT2D eigenvalue weighted by Gasteiger charge is 2.18. The Morgan fingerprint density at radius 1 is 1.26 bits per heavy atom. The average Bonchev–Trinajstić information content (AvgIpc) is 2.86. The van der Waals surface area contributed by atoms with E-state index >= 15 is 0 Å². The van der Waals surface area contributed by atoms with Gasteiger partial charge in [0, 0.05) is 22.7 Å². The van der Waals surface area contributed by atoms with E-state index in [1.807, 2.05) is 0 Å². The van der Waals surface area contributed by atoms with Gasteiger partial charge in [0.05, 0.1) is 5.52 Å². The number of carbonyl (C=O) groups is 1. The van der Waals surface area contributed by atoms with Gasteiger partial charge in [-0.2, -0.15) is 13.9 Å². The van der Waals surface area contributed by atoms with E-state index in [4.69, 9.17) is 23.2 Å². The van der Waals surface area contributed by atoms with Gasteiger partial charge in [-0.3, -0.25) is 4.79 Å². The first-order chi connectivity index (χ1) is 11.0. The summed E-state index contributed by atoms with van der Waals surface area (Å²) in [5.74, 6) is -0.140. The molecule has 9 heteroatoms. The number of nitrogens with zero attached hydrogens (tertiary/aromatic N) is 3. The minimum Gasteiger partial charge on any atom is -0.433 e. The van der Waals surface area contributed by atoms with Gasteiger partial charge in [-0.1, -0.05) is 23.2 Å². The number of rotatable bonds is 4. The lowest BCUT2D eigenvalue weighted by Gasteiger charge is -2.12. The molecule has 0 aliphatic carbocycles. The van der Waals surface area contributed by atoms with E-state index < -0.39 is 6.61 Å². The van der Waals surface area contributed by atoms with Crippen molar-refractivity contribution in [3.8, 4) is 11.4 Å². The van der Waals surface area contributed by atoms with E-state index in [-0.39, 0.29) is 27.3 Å². The summed E-state index contributed by atoms with van der Waals surface area (Å²) in [4.78, 5) is 15.1.